The summed E-state index contributed by atoms with van der Waals surface area (Å²) in [6, 6.07) is 5.86. The van der Waals surface area contributed by atoms with E-state index in [4.69, 9.17) is 0 Å². The first-order chi connectivity index (χ1) is 10.0. The Kier molecular flexibility index (Phi) is 5.63. The first-order valence-electron chi connectivity index (χ1n) is 8.24. The van der Waals surface area contributed by atoms with E-state index in [0.29, 0.717) is 0 Å². The van der Waals surface area contributed by atoms with Crippen molar-refractivity contribution in [1.29, 1.82) is 0 Å². The second kappa shape index (κ2) is 7.26. The third-order valence-electron chi connectivity index (χ3n) is 4.96. The van der Waals surface area contributed by atoms with Crippen LogP contribution in [0.15, 0.2) is 18.2 Å². The van der Waals surface area contributed by atoms with E-state index in [2.05, 4.69) is 24.1 Å². The minimum Gasteiger partial charge on any atom is -0.369 e. The minimum atomic E-state index is -0.0856. The molecule has 0 aromatic heterocycles. The molecule has 0 aliphatic carbocycles. The Bertz CT molecular complexity index is 459. The molecule has 2 nitrogen and oxygen atoms in total. The highest BCUT2D eigenvalue weighted by Gasteiger charge is 2.21. The van der Waals surface area contributed by atoms with E-state index in [0.717, 1.165) is 42.6 Å². The number of nitrogens with zero attached hydrogens (tertiary/aromatic N) is 1. The molecule has 1 aromatic carbocycles. The average Bonchev–Trinajstić information content (AvgIpc) is 2.72. The van der Waals surface area contributed by atoms with Gasteiger partial charge in [-0.15, -0.1) is 0 Å². The maximum absolute atomic E-state index is 14.5. The molecule has 0 spiro atoms. The van der Waals surface area contributed by atoms with Crippen LogP contribution in [0.3, 0.4) is 0 Å². The highest BCUT2D eigenvalue weighted by molar-refractivity contribution is 5.49. The summed E-state index contributed by atoms with van der Waals surface area (Å²) in [4.78, 5) is 2.23. The predicted octanol–water partition coefficient (Wildman–Crippen LogP) is 4.37. The molecule has 1 aromatic rings. The molecular weight excluding hydrogens is 263 g/mol. The number of hydrogen-bond acceptors (Lipinski definition) is 2. The number of nitrogens with one attached hydrogen (secondary N) is 1. The SMILES string of the molecule is CNC(C)c1ccc(N2CCCC(C(C)C)CC2)c(F)c1. The van der Waals surface area contributed by atoms with Crippen LogP contribution >= 0.6 is 0 Å². The van der Waals surface area contributed by atoms with Crippen LogP contribution < -0.4 is 10.2 Å². The largest absolute Gasteiger partial charge is 0.369 e. The lowest BCUT2D eigenvalue weighted by Crippen LogP contribution is -2.25. The van der Waals surface area contributed by atoms with Crippen LogP contribution in [0.5, 0.6) is 0 Å². The van der Waals surface area contributed by atoms with E-state index in [1.54, 1.807) is 6.07 Å². The van der Waals surface area contributed by atoms with Crippen molar-refractivity contribution in [2.24, 2.45) is 11.8 Å². The molecule has 1 aliphatic rings. The van der Waals surface area contributed by atoms with Crippen molar-refractivity contribution in [2.45, 2.75) is 46.1 Å². The first-order valence-corrected chi connectivity index (χ1v) is 8.24. The van der Waals surface area contributed by atoms with Crippen LogP contribution in [0, 0.1) is 17.7 Å². The molecule has 1 aliphatic heterocycles. The summed E-state index contributed by atoms with van der Waals surface area (Å²) >= 11 is 0. The van der Waals surface area contributed by atoms with E-state index < -0.39 is 0 Å². The van der Waals surface area contributed by atoms with Crippen LogP contribution in [0.25, 0.3) is 0 Å². The lowest BCUT2D eigenvalue weighted by Gasteiger charge is -2.25. The summed E-state index contributed by atoms with van der Waals surface area (Å²) in [5.74, 6) is 1.42. The molecule has 3 heteroatoms. The Morgan fingerprint density at radius 1 is 1.19 bits per heavy atom. The van der Waals surface area contributed by atoms with Crippen molar-refractivity contribution in [3.8, 4) is 0 Å². The smallest absolute Gasteiger partial charge is 0.146 e. The van der Waals surface area contributed by atoms with Crippen LogP contribution in [0.4, 0.5) is 10.1 Å². The zero-order valence-corrected chi connectivity index (χ0v) is 13.8. The highest BCUT2D eigenvalue weighted by atomic mass is 19.1. The van der Waals surface area contributed by atoms with Crippen LogP contribution in [0.2, 0.25) is 0 Å². The number of halogens is 1. The summed E-state index contributed by atoms with van der Waals surface area (Å²) in [5, 5.41) is 3.16. The third-order valence-corrected chi connectivity index (χ3v) is 4.96. The second-order valence-corrected chi connectivity index (χ2v) is 6.64. The van der Waals surface area contributed by atoms with Gasteiger partial charge in [-0.2, -0.15) is 0 Å². The average molecular weight is 292 g/mol. The third kappa shape index (κ3) is 3.97. The molecule has 0 saturated carbocycles. The molecule has 1 N–H and O–H groups in total. The molecule has 1 heterocycles. The first kappa shape index (κ1) is 16.3. The highest BCUT2D eigenvalue weighted by Crippen LogP contribution is 2.29. The molecule has 21 heavy (non-hydrogen) atoms. The minimum absolute atomic E-state index is 0.0856. The monoisotopic (exact) mass is 292 g/mol. The number of rotatable bonds is 4. The Labute approximate surface area is 128 Å². The Morgan fingerprint density at radius 3 is 2.57 bits per heavy atom. The molecule has 0 amide bonds. The van der Waals surface area contributed by atoms with E-state index in [1.807, 2.05) is 26.1 Å². The summed E-state index contributed by atoms with van der Waals surface area (Å²) in [5.41, 5.74) is 1.78. The lowest BCUT2D eigenvalue weighted by atomic mass is 9.89. The molecule has 2 atom stereocenters. The van der Waals surface area contributed by atoms with Crippen molar-refractivity contribution in [3.05, 3.63) is 29.6 Å². The zero-order valence-electron chi connectivity index (χ0n) is 13.8. The van der Waals surface area contributed by atoms with Gasteiger partial charge in [0.05, 0.1) is 5.69 Å². The van der Waals surface area contributed by atoms with Gasteiger partial charge in [0.1, 0.15) is 5.82 Å². The molecule has 2 unspecified atom stereocenters. The number of benzene rings is 1. The Hall–Kier alpha value is -1.09. The predicted molar refractivity (Wildman–Crippen MR) is 88.3 cm³/mol. The van der Waals surface area contributed by atoms with E-state index in [9.17, 15) is 4.39 Å². The van der Waals surface area contributed by atoms with Crippen LogP contribution in [-0.2, 0) is 0 Å². The van der Waals surface area contributed by atoms with Crippen molar-refractivity contribution < 1.29 is 4.39 Å². The lowest BCUT2D eigenvalue weighted by molar-refractivity contribution is 0.351. The fourth-order valence-electron chi connectivity index (χ4n) is 3.25. The van der Waals surface area contributed by atoms with E-state index in [1.165, 1.54) is 12.8 Å². The molecule has 1 fully saturated rings. The van der Waals surface area contributed by atoms with Gasteiger partial charge in [-0.25, -0.2) is 4.39 Å². The molecule has 2 rings (SSSR count). The fourth-order valence-corrected chi connectivity index (χ4v) is 3.25. The molecule has 0 radical (unpaired) electrons. The van der Waals surface area contributed by atoms with Crippen molar-refractivity contribution in [3.63, 3.8) is 0 Å². The summed E-state index contributed by atoms with van der Waals surface area (Å²) in [6.45, 7) is 8.60. The van der Waals surface area contributed by atoms with E-state index >= 15 is 0 Å². The van der Waals surface area contributed by atoms with Gasteiger partial charge in [0, 0.05) is 19.1 Å². The van der Waals surface area contributed by atoms with Gasteiger partial charge in [-0.3, -0.25) is 0 Å². The molecule has 118 valence electrons. The van der Waals surface area contributed by atoms with Crippen molar-refractivity contribution in [2.75, 3.05) is 25.0 Å². The van der Waals surface area contributed by atoms with Crippen molar-refractivity contribution in [1.82, 2.24) is 5.32 Å². The maximum Gasteiger partial charge on any atom is 0.146 e. The maximum atomic E-state index is 14.5. The summed E-state index contributed by atoms with van der Waals surface area (Å²) in [6.07, 6.45) is 3.60. The molecule has 1 saturated heterocycles. The number of hydrogen-bond donors (Lipinski definition) is 1. The van der Waals surface area contributed by atoms with Crippen LogP contribution in [-0.4, -0.2) is 20.1 Å². The van der Waals surface area contributed by atoms with Crippen LogP contribution in [0.1, 0.15) is 51.6 Å². The van der Waals surface area contributed by atoms with Gasteiger partial charge in [0.25, 0.3) is 0 Å². The Balaban J connectivity index is 2.11. The van der Waals surface area contributed by atoms with Gasteiger partial charge in [-0.1, -0.05) is 19.9 Å². The second-order valence-electron chi connectivity index (χ2n) is 6.64. The fraction of sp³-hybridized carbons (Fsp3) is 0.667. The molecular formula is C18H29FN2. The van der Waals surface area contributed by atoms with Gasteiger partial charge >= 0.3 is 0 Å². The zero-order chi connectivity index (χ0) is 15.4. The normalized spacial score (nSPS) is 21.4. The summed E-state index contributed by atoms with van der Waals surface area (Å²) < 4.78 is 14.5. The van der Waals surface area contributed by atoms with Gasteiger partial charge < -0.3 is 10.2 Å². The summed E-state index contributed by atoms with van der Waals surface area (Å²) in [7, 11) is 1.90. The van der Waals surface area contributed by atoms with Crippen molar-refractivity contribution >= 4 is 5.69 Å². The number of anilines is 1. The van der Waals surface area contributed by atoms with Gasteiger partial charge in [0.15, 0.2) is 0 Å². The van der Waals surface area contributed by atoms with Gasteiger partial charge in [-0.05, 0) is 62.8 Å². The standard InChI is InChI=1S/C18H29FN2/c1-13(2)15-6-5-10-21(11-9-15)18-8-7-16(12-17(18)19)14(3)20-4/h7-8,12-15,20H,5-6,9-11H2,1-4H3. The van der Waals surface area contributed by atoms with E-state index in [-0.39, 0.29) is 11.9 Å². The topological polar surface area (TPSA) is 15.3 Å². The molecule has 0 bridgehead atoms. The van der Waals surface area contributed by atoms with Gasteiger partial charge in [0.2, 0.25) is 0 Å². The quantitative estimate of drug-likeness (QED) is 0.886. The Morgan fingerprint density at radius 2 is 1.95 bits per heavy atom.